The summed E-state index contributed by atoms with van der Waals surface area (Å²) >= 11 is 2.91. The fraction of sp³-hybridized carbons (Fsp3) is 0.545. The van der Waals surface area contributed by atoms with E-state index in [1.54, 1.807) is 32.5 Å². The number of rotatable bonds is 1. The molecule has 0 spiro atoms. The first-order valence-electron chi connectivity index (χ1n) is 5.52. The van der Waals surface area contributed by atoms with Crippen LogP contribution in [0.1, 0.15) is 37.7 Å². The standard InChI is InChI=1S/C11H14N2O3S2/c1-11(2,3)16-10(15)13-9-12-7-6(14)4-5-17-8(7)18-9/h4-5H2,1-3H3,(H,12,13,15). The van der Waals surface area contributed by atoms with Crippen molar-refractivity contribution in [1.82, 2.24) is 4.98 Å². The van der Waals surface area contributed by atoms with Crippen LogP contribution < -0.4 is 5.32 Å². The van der Waals surface area contributed by atoms with Gasteiger partial charge in [0, 0.05) is 12.2 Å². The van der Waals surface area contributed by atoms with Crippen LogP contribution in [0.3, 0.4) is 0 Å². The van der Waals surface area contributed by atoms with E-state index in [4.69, 9.17) is 4.74 Å². The Kier molecular flexibility index (Phi) is 3.63. The zero-order chi connectivity index (χ0) is 13.3. The molecule has 1 aromatic rings. The highest BCUT2D eigenvalue weighted by molar-refractivity contribution is 8.01. The fourth-order valence-corrected chi connectivity index (χ4v) is 3.57. The van der Waals surface area contributed by atoms with Gasteiger partial charge in [0.1, 0.15) is 11.3 Å². The summed E-state index contributed by atoms with van der Waals surface area (Å²) in [6.07, 6.45) is -0.0427. The summed E-state index contributed by atoms with van der Waals surface area (Å²) in [7, 11) is 0. The van der Waals surface area contributed by atoms with Crippen molar-refractivity contribution < 1.29 is 14.3 Å². The number of thiazole rings is 1. The van der Waals surface area contributed by atoms with Gasteiger partial charge in [-0.05, 0) is 20.8 Å². The van der Waals surface area contributed by atoms with E-state index in [0.29, 0.717) is 17.2 Å². The molecule has 2 rings (SSSR count). The molecule has 1 aliphatic heterocycles. The Morgan fingerprint density at radius 1 is 1.44 bits per heavy atom. The summed E-state index contributed by atoms with van der Waals surface area (Å²) < 4.78 is 6.00. The predicted molar refractivity (Wildman–Crippen MR) is 71.6 cm³/mol. The first kappa shape index (κ1) is 13.4. The molecule has 0 radical (unpaired) electrons. The van der Waals surface area contributed by atoms with Crippen molar-refractivity contribution in [2.24, 2.45) is 0 Å². The molecule has 0 unspecified atom stereocenters. The molecule has 0 atom stereocenters. The summed E-state index contributed by atoms with van der Waals surface area (Å²) in [6.45, 7) is 5.37. The van der Waals surface area contributed by atoms with Gasteiger partial charge in [-0.3, -0.25) is 10.1 Å². The van der Waals surface area contributed by atoms with Crippen molar-refractivity contribution in [3.8, 4) is 0 Å². The van der Waals surface area contributed by atoms with Crippen LogP contribution in [0, 0.1) is 0 Å². The van der Waals surface area contributed by atoms with Gasteiger partial charge in [-0.2, -0.15) is 0 Å². The third-order valence-electron chi connectivity index (χ3n) is 2.03. The number of hydrogen-bond acceptors (Lipinski definition) is 6. The summed E-state index contributed by atoms with van der Waals surface area (Å²) in [5.41, 5.74) is -0.0757. The van der Waals surface area contributed by atoms with Gasteiger partial charge in [-0.15, -0.1) is 11.8 Å². The number of nitrogens with one attached hydrogen (secondary N) is 1. The topological polar surface area (TPSA) is 68.3 Å². The minimum absolute atomic E-state index is 0.0391. The second kappa shape index (κ2) is 4.89. The number of Topliss-reactive ketones (excluding diaryl/α,β-unsaturated/α-hetero) is 1. The highest BCUT2D eigenvalue weighted by Gasteiger charge is 2.24. The van der Waals surface area contributed by atoms with Crippen LogP contribution in [0.25, 0.3) is 0 Å². The quantitative estimate of drug-likeness (QED) is 0.858. The molecular formula is C11H14N2O3S2. The van der Waals surface area contributed by atoms with Gasteiger partial charge in [0.15, 0.2) is 10.9 Å². The van der Waals surface area contributed by atoms with Crippen molar-refractivity contribution in [2.75, 3.05) is 11.1 Å². The first-order chi connectivity index (χ1) is 8.35. The summed E-state index contributed by atoms with van der Waals surface area (Å²) in [5.74, 6) is 0.817. The number of aromatic nitrogens is 1. The number of carbonyl (C=O) groups is 2. The molecule has 1 aromatic heterocycles. The third kappa shape index (κ3) is 3.23. The number of ketones is 1. The molecule has 0 fully saturated rings. The average Bonchev–Trinajstić information content (AvgIpc) is 2.58. The largest absolute Gasteiger partial charge is 0.444 e. The van der Waals surface area contributed by atoms with Crippen LogP contribution >= 0.6 is 23.1 Å². The van der Waals surface area contributed by atoms with E-state index in [-0.39, 0.29) is 5.78 Å². The molecule has 5 nitrogen and oxygen atoms in total. The van der Waals surface area contributed by atoms with E-state index >= 15 is 0 Å². The molecule has 0 aromatic carbocycles. The van der Waals surface area contributed by atoms with E-state index in [2.05, 4.69) is 10.3 Å². The Labute approximate surface area is 113 Å². The monoisotopic (exact) mass is 286 g/mol. The zero-order valence-electron chi connectivity index (χ0n) is 10.4. The van der Waals surface area contributed by atoms with E-state index in [1.165, 1.54) is 11.3 Å². The number of ether oxygens (including phenoxy) is 1. The molecule has 18 heavy (non-hydrogen) atoms. The molecule has 0 bridgehead atoms. The maximum absolute atomic E-state index is 11.6. The van der Waals surface area contributed by atoms with Crippen molar-refractivity contribution in [3.05, 3.63) is 5.69 Å². The molecule has 1 aliphatic rings. The number of carbonyl (C=O) groups excluding carboxylic acids is 2. The lowest BCUT2D eigenvalue weighted by Gasteiger charge is -2.18. The minimum Gasteiger partial charge on any atom is -0.444 e. The Morgan fingerprint density at radius 2 is 2.17 bits per heavy atom. The molecule has 0 aliphatic carbocycles. The van der Waals surface area contributed by atoms with E-state index < -0.39 is 11.7 Å². The molecule has 0 saturated heterocycles. The van der Waals surface area contributed by atoms with Crippen LogP contribution in [0.2, 0.25) is 0 Å². The molecule has 7 heteroatoms. The first-order valence-corrected chi connectivity index (χ1v) is 7.32. The molecule has 1 N–H and O–H groups in total. The predicted octanol–water partition coefficient (Wildman–Crippen LogP) is 3.17. The van der Waals surface area contributed by atoms with Gasteiger partial charge in [-0.1, -0.05) is 11.3 Å². The molecular weight excluding hydrogens is 272 g/mol. The molecule has 1 amide bonds. The maximum atomic E-state index is 11.6. The second-order valence-corrected chi connectivity index (χ2v) is 7.17. The lowest BCUT2D eigenvalue weighted by atomic mass is 10.2. The van der Waals surface area contributed by atoms with Crippen LogP contribution in [0.5, 0.6) is 0 Å². The fourth-order valence-electron chi connectivity index (χ4n) is 1.38. The molecule has 0 saturated carbocycles. The second-order valence-electron chi connectivity index (χ2n) is 4.80. The van der Waals surface area contributed by atoms with E-state index in [1.807, 2.05) is 0 Å². The highest BCUT2D eigenvalue weighted by atomic mass is 32.2. The number of anilines is 1. The Bertz CT molecular complexity index is 491. The Balaban J connectivity index is 2.07. The zero-order valence-corrected chi connectivity index (χ0v) is 12.0. The van der Waals surface area contributed by atoms with Crippen molar-refractivity contribution in [2.45, 2.75) is 37.0 Å². The third-order valence-corrected chi connectivity index (χ3v) is 4.26. The number of nitrogens with zero attached hydrogens (tertiary/aromatic N) is 1. The Morgan fingerprint density at radius 3 is 2.78 bits per heavy atom. The molecule has 2 heterocycles. The average molecular weight is 286 g/mol. The van der Waals surface area contributed by atoms with Gasteiger partial charge in [0.2, 0.25) is 0 Å². The van der Waals surface area contributed by atoms with Gasteiger partial charge < -0.3 is 4.74 Å². The maximum Gasteiger partial charge on any atom is 0.413 e. The normalized spacial score (nSPS) is 15.2. The van der Waals surface area contributed by atoms with Crippen LogP contribution in [0.4, 0.5) is 9.93 Å². The number of amides is 1. The van der Waals surface area contributed by atoms with E-state index in [0.717, 1.165) is 9.96 Å². The lowest BCUT2D eigenvalue weighted by Crippen LogP contribution is -2.27. The van der Waals surface area contributed by atoms with Crippen molar-refractivity contribution in [3.63, 3.8) is 0 Å². The van der Waals surface area contributed by atoms with Gasteiger partial charge in [-0.25, -0.2) is 9.78 Å². The molecule has 98 valence electrons. The van der Waals surface area contributed by atoms with Gasteiger partial charge >= 0.3 is 6.09 Å². The van der Waals surface area contributed by atoms with Crippen molar-refractivity contribution in [1.29, 1.82) is 0 Å². The van der Waals surface area contributed by atoms with Crippen LogP contribution in [0.15, 0.2) is 4.21 Å². The highest BCUT2D eigenvalue weighted by Crippen LogP contribution is 2.37. The lowest BCUT2D eigenvalue weighted by molar-refractivity contribution is 0.0635. The van der Waals surface area contributed by atoms with Crippen LogP contribution in [-0.4, -0.2) is 28.2 Å². The van der Waals surface area contributed by atoms with Gasteiger partial charge in [0.05, 0.1) is 4.21 Å². The number of fused-ring (bicyclic) bond motifs is 1. The summed E-state index contributed by atoms with van der Waals surface area (Å²) in [5, 5.41) is 2.97. The minimum atomic E-state index is -0.550. The van der Waals surface area contributed by atoms with Crippen molar-refractivity contribution >= 4 is 40.1 Å². The SMILES string of the molecule is CC(C)(C)OC(=O)Nc1nc2c(s1)SCCC2=O. The smallest absolute Gasteiger partial charge is 0.413 e. The summed E-state index contributed by atoms with van der Waals surface area (Å²) in [6, 6.07) is 0. The van der Waals surface area contributed by atoms with E-state index in [9.17, 15) is 9.59 Å². The van der Waals surface area contributed by atoms with Gasteiger partial charge in [0.25, 0.3) is 0 Å². The summed E-state index contributed by atoms with van der Waals surface area (Å²) in [4.78, 5) is 27.3. The van der Waals surface area contributed by atoms with Crippen LogP contribution in [-0.2, 0) is 4.74 Å². The Hall–Kier alpha value is -1.08. The number of thioether (sulfide) groups is 1. The number of hydrogen-bond donors (Lipinski definition) is 1.